The Bertz CT molecular complexity index is 547. The molecule has 2 aliphatic rings. The Hall–Kier alpha value is -1.26. The van der Waals surface area contributed by atoms with Gasteiger partial charge in [-0.05, 0) is 49.4 Å². The number of nitrogens with zero attached hydrogens (tertiary/aromatic N) is 1. The molecular weight excluding hydrogens is 288 g/mol. The number of hydrogen-bond donors (Lipinski definition) is 1. The lowest BCUT2D eigenvalue weighted by Gasteiger charge is -2.35. The van der Waals surface area contributed by atoms with Crippen molar-refractivity contribution in [3.8, 4) is 5.75 Å². The quantitative estimate of drug-likeness (QED) is 0.911. The maximum Gasteiger partial charge on any atom is 0.264 e. The van der Waals surface area contributed by atoms with Crippen molar-refractivity contribution >= 4 is 17.5 Å². The second kappa shape index (κ2) is 5.85. The molecule has 0 radical (unpaired) electrons. The van der Waals surface area contributed by atoms with Gasteiger partial charge in [0.2, 0.25) is 0 Å². The van der Waals surface area contributed by atoms with E-state index in [1.807, 2.05) is 24.0 Å². The molecule has 0 aromatic heterocycles. The molecule has 2 aliphatic heterocycles. The molecule has 0 spiro atoms. The molecule has 0 aliphatic carbocycles. The van der Waals surface area contributed by atoms with Gasteiger partial charge in [0.05, 0.1) is 0 Å². The van der Waals surface area contributed by atoms with Gasteiger partial charge in [-0.1, -0.05) is 11.6 Å². The molecule has 1 aromatic carbocycles. The van der Waals surface area contributed by atoms with E-state index in [1.54, 1.807) is 6.07 Å². The number of fused-ring (bicyclic) bond motifs is 1. The Balaban J connectivity index is 1.67. The van der Waals surface area contributed by atoms with Gasteiger partial charge in [-0.25, -0.2) is 0 Å². The van der Waals surface area contributed by atoms with Crippen LogP contribution in [0.3, 0.4) is 0 Å². The van der Waals surface area contributed by atoms with Crippen molar-refractivity contribution in [3.05, 3.63) is 28.8 Å². The Morgan fingerprint density at radius 3 is 3.10 bits per heavy atom. The normalized spacial score (nSPS) is 26.1. The lowest BCUT2D eigenvalue weighted by Crippen LogP contribution is -2.49. The van der Waals surface area contributed by atoms with Gasteiger partial charge in [-0.3, -0.25) is 4.79 Å². The summed E-state index contributed by atoms with van der Waals surface area (Å²) in [6.07, 6.45) is 2.31. The molecule has 1 saturated heterocycles. The molecule has 0 unspecified atom stereocenters. The molecule has 1 amide bonds. The predicted octanol–water partition coefficient (Wildman–Crippen LogP) is 2.23. The lowest BCUT2D eigenvalue weighted by molar-refractivity contribution is -0.139. The molecule has 2 N–H and O–H groups in total. The van der Waals surface area contributed by atoms with Crippen molar-refractivity contribution in [2.24, 2.45) is 11.7 Å². The minimum atomic E-state index is -0.412. The maximum atomic E-state index is 12.6. The van der Waals surface area contributed by atoms with E-state index in [0.29, 0.717) is 17.4 Å². The van der Waals surface area contributed by atoms with E-state index >= 15 is 0 Å². The number of nitrogens with two attached hydrogens (primary N) is 1. The Labute approximate surface area is 130 Å². The number of benzene rings is 1. The number of hydrogen-bond acceptors (Lipinski definition) is 3. The molecule has 114 valence electrons. The highest BCUT2D eigenvalue weighted by Crippen LogP contribution is 2.32. The molecule has 0 saturated carbocycles. The highest BCUT2D eigenvalue weighted by molar-refractivity contribution is 6.30. The zero-order valence-corrected chi connectivity index (χ0v) is 13.0. The number of ether oxygens (including phenoxy) is 1. The van der Waals surface area contributed by atoms with Gasteiger partial charge < -0.3 is 15.4 Å². The second-order valence-electron chi connectivity index (χ2n) is 6.11. The summed E-state index contributed by atoms with van der Waals surface area (Å²) in [5.41, 5.74) is 7.00. The van der Waals surface area contributed by atoms with Gasteiger partial charge >= 0.3 is 0 Å². The number of carbonyl (C=O) groups is 1. The Kier molecular flexibility index (Phi) is 4.09. The van der Waals surface area contributed by atoms with Crippen LogP contribution in [0, 0.1) is 5.92 Å². The van der Waals surface area contributed by atoms with E-state index in [1.165, 1.54) is 0 Å². The number of likely N-dealkylation sites (tertiary alicyclic amines) is 1. The van der Waals surface area contributed by atoms with E-state index in [0.717, 1.165) is 37.2 Å². The largest absolute Gasteiger partial charge is 0.480 e. The lowest BCUT2D eigenvalue weighted by atomic mass is 9.92. The fourth-order valence-electron chi connectivity index (χ4n) is 3.20. The first kappa shape index (κ1) is 14.7. The topological polar surface area (TPSA) is 55.6 Å². The van der Waals surface area contributed by atoms with Crippen molar-refractivity contribution < 1.29 is 9.53 Å². The molecule has 3 rings (SSSR count). The van der Waals surface area contributed by atoms with Gasteiger partial charge in [-0.2, -0.15) is 0 Å². The second-order valence-corrected chi connectivity index (χ2v) is 6.54. The minimum absolute atomic E-state index is 0.0765. The van der Waals surface area contributed by atoms with Gasteiger partial charge in [-0.15, -0.1) is 0 Å². The summed E-state index contributed by atoms with van der Waals surface area (Å²) in [5, 5.41) is 0.681. The Morgan fingerprint density at radius 1 is 1.52 bits per heavy atom. The third-order valence-corrected chi connectivity index (χ3v) is 4.72. The third-order valence-electron chi connectivity index (χ3n) is 4.49. The van der Waals surface area contributed by atoms with Crippen LogP contribution >= 0.6 is 11.6 Å². The van der Waals surface area contributed by atoms with Crippen LogP contribution in [0.5, 0.6) is 5.75 Å². The zero-order chi connectivity index (χ0) is 15.0. The van der Waals surface area contributed by atoms with E-state index in [9.17, 15) is 4.79 Å². The van der Waals surface area contributed by atoms with Gasteiger partial charge in [0.25, 0.3) is 5.91 Å². The molecule has 1 aromatic rings. The summed E-state index contributed by atoms with van der Waals surface area (Å²) in [4.78, 5) is 14.6. The monoisotopic (exact) mass is 308 g/mol. The number of halogens is 1. The predicted molar refractivity (Wildman–Crippen MR) is 82.5 cm³/mol. The van der Waals surface area contributed by atoms with Gasteiger partial charge in [0, 0.05) is 30.6 Å². The standard InChI is InChI=1S/C16H21ClN2O2/c1-10(18)11-3-2-6-19(9-11)16(20)15-8-12-7-13(17)4-5-14(12)21-15/h4-5,7,10-11,15H,2-3,6,8-9,18H2,1H3/t10-,11+,15+/m0/s1. The number of piperidine rings is 1. The first-order valence-corrected chi connectivity index (χ1v) is 7.92. The molecular formula is C16H21ClN2O2. The first-order valence-electron chi connectivity index (χ1n) is 7.54. The van der Waals surface area contributed by atoms with E-state index in [2.05, 4.69) is 0 Å². The van der Waals surface area contributed by atoms with E-state index in [4.69, 9.17) is 22.1 Å². The molecule has 0 bridgehead atoms. The zero-order valence-electron chi connectivity index (χ0n) is 12.2. The molecule has 21 heavy (non-hydrogen) atoms. The molecule has 4 nitrogen and oxygen atoms in total. The fourth-order valence-corrected chi connectivity index (χ4v) is 3.39. The molecule has 3 atom stereocenters. The van der Waals surface area contributed by atoms with Crippen molar-refractivity contribution in [3.63, 3.8) is 0 Å². The average molecular weight is 309 g/mol. The van der Waals surface area contributed by atoms with Crippen LogP contribution in [0.1, 0.15) is 25.3 Å². The smallest absolute Gasteiger partial charge is 0.264 e. The van der Waals surface area contributed by atoms with Crippen molar-refractivity contribution in [1.82, 2.24) is 4.90 Å². The summed E-state index contributed by atoms with van der Waals surface area (Å²) in [7, 11) is 0. The van der Waals surface area contributed by atoms with Crippen LogP contribution in [0.15, 0.2) is 18.2 Å². The van der Waals surface area contributed by atoms with E-state index in [-0.39, 0.29) is 11.9 Å². The molecule has 5 heteroatoms. The number of rotatable bonds is 2. The van der Waals surface area contributed by atoms with Gasteiger partial charge in [0.1, 0.15) is 5.75 Å². The third kappa shape index (κ3) is 3.01. The van der Waals surface area contributed by atoms with E-state index < -0.39 is 6.10 Å². The molecule has 1 fully saturated rings. The van der Waals surface area contributed by atoms with Crippen molar-refractivity contribution in [2.75, 3.05) is 13.1 Å². The summed E-state index contributed by atoms with van der Waals surface area (Å²) in [6, 6.07) is 5.64. The summed E-state index contributed by atoms with van der Waals surface area (Å²) in [6.45, 7) is 3.56. The average Bonchev–Trinajstić information content (AvgIpc) is 2.89. The molecule has 2 heterocycles. The van der Waals surface area contributed by atoms with Crippen LogP contribution in [0.25, 0.3) is 0 Å². The number of amides is 1. The summed E-state index contributed by atoms with van der Waals surface area (Å²) < 4.78 is 5.79. The first-order chi connectivity index (χ1) is 10.0. The van der Waals surface area contributed by atoms with Crippen LogP contribution in [0.2, 0.25) is 5.02 Å². The highest BCUT2D eigenvalue weighted by Gasteiger charge is 2.35. The summed E-state index contributed by atoms with van der Waals surface area (Å²) in [5.74, 6) is 1.24. The van der Waals surface area contributed by atoms with Gasteiger partial charge in [0.15, 0.2) is 6.10 Å². The SMILES string of the molecule is C[C@H](N)[C@@H]1CCCN(C(=O)[C@H]2Cc3cc(Cl)ccc3O2)C1. The van der Waals surface area contributed by atoms with Crippen molar-refractivity contribution in [1.29, 1.82) is 0 Å². The van der Waals surface area contributed by atoms with Crippen LogP contribution in [0.4, 0.5) is 0 Å². The highest BCUT2D eigenvalue weighted by atomic mass is 35.5. The fraction of sp³-hybridized carbons (Fsp3) is 0.562. The Morgan fingerprint density at radius 2 is 2.33 bits per heavy atom. The van der Waals surface area contributed by atoms with Crippen LogP contribution < -0.4 is 10.5 Å². The number of carbonyl (C=O) groups excluding carboxylic acids is 1. The maximum absolute atomic E-state index is 12.6. The van der Waals surface area contributed by atoms with Crippen LogP contribution in [-0.2, 0) is 11.2 Å². The van der Waals surface area contributed by atoms with Crippen LogP contribution in [-0.4, -0.2) is 36.0 Å². The minimum Gasteiger partial charge on any atom is -0.480 e. The van der Waals surface area contributed by atoms with Crippen molar-refractivity contribution in [2.45, 2.75) is 38.3 Å². The summed E-state index contributed by atoms with van der Waals surface area (Å²) >= 11 is 5.99.